The number of benzene rings is 1. The van der Waals surface area contributed by atoms with Crippen LogP contribution < -0.4 is 9.47 Å². The van der Waals surface area contributed by atoms with E-state index in [9.17, 15) is 14.4 Å². The lowest BCUT2D eigenvalue weighted by molar-refractivity contribution is -0.193. The van der Waals surface area contributed by atoms with Crippen LogP contribution in [0.25, 0.3) is 6.08 Å². The maximum atomic E-state index is 12.4. The molecular weight excluding hydrogens is 466 g/mol. The molecule has 0 aliphatic carbocycles. The SMILES string of the molecule is CCOCOc1ccc(/C=C/C(=O)O[C@H](C)[C@H]2C(=O)N(SC)[C@@H]2OC(C)=O)cc1OCOCC. The van der Waals surface area contributed by atoms with E-state index in [2.05, 4.69) is 0 Å². The molecule has 1 aromatic rings. The van der Waals surface area contributed by atoms with Crippen LogP contribution in [0.1, 0.15) is 33.3 Å². The second kappa shape index (κ2) is 13.8. The third-order valence-corrected chi connectivity index (χ3v) is 5.50. The normalized spacial score (nSPS) is 18.4. The Morgan fingerprint density at radius 1 is 1.12 bits per heavy atom. The van der Waals surface area contributed by atoms with Crippen molar-refractivity contribution in [3.63, 3.8) is 0 Å². The molecule has 1 aromatic carbocycles. The molecule has 0 N–H and O–H groups in total. The highest BCUT2D eigenvalue weighted by molar-refractivity contribution is 7.96. The Labute approximate surface area is 203 Å². The molecule has 11 heteroatoms. The summed E-state index contributed by atoms with van der Waals surface area (Å²) in [6.07, 6.45) is 2.94. The van der Waals surface area contributed by atoms with Crippen molar-refractivity contribution in [3.05, 3.63) is 29.8 Å². The van der Waals surface area contributed by atoms with E-state index in [1.165, 1.54) is 17.3 Å². The predicted molar refractivity (Wildman–Crippen MR) is 125 cm³/mol. The van der Waals surface area contributed by atoms with Gasteiger partial charge in [-0.05, 0) is 56.5 Å². The van der Waals surface area contributed by atoms with Crippen molar-refractivity contribution in [2.24, 2.45) is 5.92 Å². The highest BCUT2D eigenvalue weighted by Crippen LogP contribution is 2.36. The van der Waals surface area contributed by atoms with Gasteiger partial charge in [-0.3, -0.25) is 9.59 Å². The maximum Gasteiger partial charge on any atom is 0.331 e. The molecule has 0 bridgehead atoms. The number of rotatable bonds is 14. The van der Waals surface area contributed by atoms with E-state index in [0.717, 1.165) is 11.9 Å². The lowest BCUT2D eigenvalue weighted by atomic mass is 9.93. The van der Waals surface area contributed by atoms with Crippen LogP contribution in [0.3, 0.4) is 0 Å². The van der Waals surface area contributed by atoms with Gasteiger partial charge in [-0.15, -0.1) is 0 Å². The zero-order valence-corrected chi connectivity index (χ0v) is 20.8. The Bertz CT molecular complexity index is 876. The summed E-state index contributed by atoms with van der Waals surface area (Å²) in [7, 11) is 0. The smallest absolute Gasteiger partial charge is 0.331 e. The predicted octanol–water partition coefficient (Wildman–Crippen LogP) is 3.00. The minimum atomic E-state index is -0.781. The third kappa shape index (κ3) is 7.64. The number of amides is 1. The molecule has 1 aliphatic rings. The average Bonchev–Trinajstić information content (AvgIpc) is 2.79. The molecule has 1 amide bonds. The molecule has 34 heavy (non-hydrogen) atoms. The summed E-state index contributed by atoms with van der Waals surface area (Å²) >= 11 is 1.15. The molecule has 2 rings (SSSR count). The van der Waals surface area contributed by atoms with E-state index in [-0.39, 0.29) is 19.5 Å². The summed E-state index contributed by atoms with van der Waals surface area (Å²) in [5.41, 5.74) is 0.658. The highest BCUT2D eigenvalue weighted by Gasteiger charge is 2.53. The summed E-state index contributed by atoms with van der Waals surface area (Å²) in [5.74, 6) is -1.27. The molecule has 0 aromatic heterocycles. The van der Waals surface area contributed by atoms with Gasteiger partial charge in [0.25, 0.3) is 0 Å². The number of ether oxygens (including phenoxy) is 6. The highest BCUT2D eigenvalue weighted by atomic mass is 32.2. The van der Waals surface area contributed by atoms with E-state index >= 15 is 0 Å². The molecule has 1 heterocycles. The van der Waals surface area contributed by atoms with Gasteiger partial charge in [-0.2, -0.15) is 0 Å². The average molecular weight is 498 g/mol. The van der Waals surface area contributed by atoms with E-state index < -0.39 is 30.2 Å². The monoisotopic (exact) mass is 497 g/mol. The Kier molecular flexibility index (Phi) is 11.2. The zero-order chi connectivity index (χ0) is 25.1. The van der Waals surface area contributed by atoms with Gasteiger partial charge in [0.15, 0.2) is 25.1 Å². The summed E-state index contributed by atoms with van der Waals surface area (Å²) in [6, 6.07) is 5.13. The van der Waals surface area contributed by atoms with Crippen molar-refractivity contribution in [2.45, 2.75) is 40.0 Å². The quantitative estimate of drug-likeness (QED) is 0.0950. The number of hydrogen-bond donors (Lipinski definition) is 0. The van der Waals surface area contributed by atoms with Crippen LogP contribution >= 0.6 is 11.9 Å². The Hall–Kier alpha value is -2.76. The van der Waals surface area contributed by atoms with Crippen molar-refractivity contribution in [2.75, 3.05) is 33.1 Å². The fourth-order valence-corrected chi connectivity index (χ4v) is 3.76. The third-order valence-electron chi connectivity index (χ3n) is 4.72. The molecule has 0 radical (unpaired) electrons. The van der Waals surface area contributed by atoms with E-state index in [4.69, 9.17) is 28.4 Å². The van der Waals surface area contributed by atoms with Crippen LogP contribution in [0.4, 0.5) is 0 Å². The van der Waals surface area contributed by atoms with E-state index in [1.807, 2.05) is 13.8 Å². The van der Waals surface area contributed by atoms with Gasteiger partial charge in [-0.1, -0.05) is 6.07 Å². The lowest BCUT2D eigenvalue weighted by Crippen LogP contribution is -2.63. The first-order valence-corrected chi connectivity index (χ1v) is 12.0. The molecule has 1 saturated heterocycles. The van der Waals surface area contributed by atoms with Gasteiger partial charge in [0.2, 0.25) is 12.1 Å². The fraction of sp³-hybridized carbons (Fsp3) is 0.522. The second-order valence-corrected chi connectivity index (χ2v) is 7.82. The van der Waals surface area contributed by atoms with Crippen molar-refractivity contribution < 1.29 is 42.8 Å². The second-order valence-electron chi connectivity index (χ2n) is 7.06. The molecule has 3 atom stereocenters. The van der Waals surface area contributed by atoms with Crippen molar-refractivity contribution in [1.82, 2.24) is 4.31 Å². The molecule has 0 spiro atoms. The van der Waals surface area contributed by atoms with Crippen molar-refractivity contribution in [3.8, 4) is 11.5 Å². The Morgan fingerprint density at radius 3 is 2.35 bits per heavy atom. The molecule has 1 fully saturated rings. The largest absolute Gasteiger partial charge is 0.464 e. The van der Waals surface area contributed by atoms with Crippen LogP contribution in [0.5, 0.6) is 11.5 Å². The van der Waals surface area contributed by atoms with Crippen LogP contribution in [0.15, 0.2) is 24.3 Å². The van der Waals surface area contributed by atoms with Crippen LogP contribution in [0, 0.1) is 5.92 Å². The van der Waals surface area contributed by atoms with Crippen molar-refractivity contribution >= 4 is 35.9 Å². The standard InChI is InChI=1S/C23H31NO9S/c1-6-28-13-30-18-10-8-17(12-19(18)31-14-29-7-2)9-11-20(26)32-15(3)21-22(27)24(34-5)23(21)33-16(4)25/h8-12,15,21,23H,6-7,13-14H2,1-5H3/b11-9+/t15-,21+,23-/m1/s1. The van der Waals surface area contributed by atoms with Gasteiger partial charge < -0.3 is 28.4 Å². The van der Waals surface area contributed by atoms with Crippen LogP contribution in [-0.2, 0) is 33.3 Å². The zero-order valence-electron chi connectivity index (χ0n) is 20.0. The summed E-state index contributed by atoms with van der Waals surface area (Å²) in [5, 5.41) is 0. The summed E-state index contributed by atoms with van der Waals surface area (Å²) in [4.78, 5) is 36.0. The van der Waals surface area contributed by atoms with Gasteiger partial charge in [0, 0.05) is 32.5 Å². The van der Waals surface area contributed by atoms with E-state index in [1.54, 1.807) is 37.5 Å². The maximum absolute atomic E-state index is 12.4. The molecule has 10 nitrogen and oxygen atoms in total. The Balaban J connectivity index is 2.02. The fourth-order valence-electron chi connectivity index (χ4n) is 3.07. The number of esters is 2. The molecule has 0 unspecified atom stereocenters. The number of carbonyl (C=O) groups excluding carboxylic acids is 3. The number of nitrogens with zero attached hydrogens (tertiary/aromatic N) is 1. The molecule has 1 aliphatic heterocycles. The van der Waals surface area contributed by atoms with Gasteiger partial charge in [0.1, 0.15) is 12.0 Å². The van der Waals surface area contributed by atoms with Gasteiger partial charge in [-0.25, -0.2) is 9.10 Å². The first-order chi connectivity index (χ1) is 16.3. The topological polar surface area (TPSA) is 110 Å². The summed E-state index contributed by atoms with van der Waals surface area (Å²) < 4.78 is 33.5. The minimum Gasteiger partial charge on any atom is -0.464 e. The first-order valence-electron chi connectivity index (χ1n) is 10.8. The molecule has 0 saturated carbocycles. The number of carbonyl (C=O) groups is 3. The Morgan fingerprint density at radius 2 is 1.76 bits per heavy atom. The molecule has 188 valence electrons. The lowest BCUT2D eigenvalue weighted by Gasteiger charge is -2.45. The van der Waals surface area contributed by atoms with E-state index in [0.29, 0.717) is 30.3 Å². The number of hydrogen-bond acceptors (Lipinski definition) is 10. The van der Waals surface area contributed by atoms with Gasteiger partial charge >= 0.3 is 11.9 Å². The van der Waals surface area contributed by atoms with Gasteiger partial charge in [0.05, 0.1) is 0 Å². The summed E-state index contributed by atoms with van der Waals surface area (Å²) in [6.45, 7) is 7.69. The van der Waals surface area contributed by atoms with Crippen molar-refractivity contribution in [1.29, 1.82) is 0 Å². The number of β-lactam (4-membered cyclic amide) rings is 1. The van der Waals surface area contributed by atoms with Crippen LogP contribution in [-0.4, -0.2) is 67.5 Å². The minimum absolute atomic E-state index is 0.0419. The molecular formula is C23H31NO9S. The first kappa shape index (κ1) is 27.5. The van der Waals surface area contributed by atoms with Crippen LogP contribution in [0.2, 0.25) is 0 Å².